The van der Waals surface area contributed by atoms with Gasteiger partial charge in [-0.15, -0.1) is 0 Å². The summed E-state index contributed by atoms with van der Waals surface area (Å²) in [5.74, 6) is -0.215. The summed E-state index contributed by atoms with van der Waals surface area (Å²) >= 11 is 1.36. The first-order chi connectivity index (χ1) is 9.51. The number of pyridine rings is 1. The summed E-state index contributed by atoms with van der Waals surface area (Å²) in [5.41, 5.74) is 2.27. The Kier molecular flexibility index (Phi) is 4.11. The van der Waals surface area contributed by atoms with Crippen molar-refractivity contribution >= 4 is 17.7 Å². The molecule has 0 radical (unpaired) electrons. The van der Waals surface area contributed by atoms with Gasteiger partial charge in [0.1, 0.15) is 16.9 Å². The standard InChI is InChI=1S/C14H12N2O3S/c1-8-5-9(2)16-13(11(8)6-15)20-7-10-3-4-12(19-10)14(17)18/h3-5H,7H2,1-2H3,(H,17,18). The number of aromatic carboxylic acids is 1. The fourth-order valence-corrected chi connectivity index (χ4v) is 2.75. The van der Waals surface area contributed by atoms with E-state index in [-0.39, 0.29) is 5.76 Å². The van der Waals surface area contributed by atoms with E-state index >= 15 is 0 Å². The average Bonchev–Trinajstić information content (AvgIpc) is 2.84. The zero-order valence-electron chi connectivity index (χ0n) is 11.0. The molecule has 0 aromatic carbocycles. The van der Waals surface area contributed by atoms with E-state index in [1.165, 1.54) is 17.8 Å². The van der Waals surface area contributed by atoms with Crippen LogP contribution in [0.25, 0.3) is 0 Å². The molecule has 0 saturated heterocycles. The number of carbonyl (C=O) groups is 1. The van der Waals surface area contributed by atoms with Crippen LogP contribution in [0.1, 0.15) is 33.1 Å². The van der Waals surface area contributed by atoms with E-state index in [0.29, 0.717) is 22.1 Å². The van der Waals surface area contributed by atoms with E-state index in [1.54, 1.807) is 6.07 Å². The molecule has 0 atom stereocenters. The Morgan fingerprint density at radius 3 is 2.85 bits per heavy atom. The fraction of sp³-hybridized carbons (Fsp3) is 0.214. The molecule has 102 valence electrons. The van der Waals surface area contributed by atoms with Gasteiger partial charge in [-0.3, -0.25) is 0 Å². The maximum atomic E-state index is 10.7. The van der Waals surface area contributed by atoms with Crippen LogP contribution in [0.4, 0.5) is 0 Å². The molecule has 2 heterocycles. The van der Waals surface area contributed by atoms with Gasteiger partial charge in [0, 0.05) is 5.69 Å². The van der Waals surface area contributed by atoms with E-state index in [0.717, 1.165) is 11.3 Å². The Hall–Kier alpha value is -2.26. The molecular weight excluding hydrogens is 276 g/mol. The molecule has 6 heteroatoms. The molecule has 2 aromatic heterocycles. The van der Waals surface area contributed by atoms with Crippen LogP contribution in [-0.2, 0) is 5.75 Å². The van der Waals surface area contributed by atoms with Crippen LogP contribution in [-0.4, -0.2) is 16.1 Å². The first-order valence-electron chi connectivity index (χ1n) is 5.84. The van der Waals surface area contributed by atoms with Crippen molar-refractivity contribution in [3.8, 4) is 6.07 Å². The average molecular weight is 288 g/mol. The van der Waals surface area contributed by atoms with Crippen molar-refractivity contribution in [3.05, 3.63) is 46.5 Å². The van der Waals surface area contributed by atoms with E-state index in [2.05, 4.69) is 11.1 Å². The van der Waals surface area contributed by atoms with Gasteiger partial charge in [-0.05, 0) is 37.6 Å². The number of hydrogen-bond donors (Lipinski definition) is 1. The second-order valence-electron chi connectivity index (χ2n) is 4.23. The maximum Gasteiger partial charge on any atom is 0.371 e. The van der Waals surface area contributed by atoms with Gasteiger partial charge < -0.3 is 9.52 Å². The smallest absolute Gasteiger partial charge is 0.371 e. The van der Waals surface area contributed by atoms with Gasteiger partial charge >= 0.3 is 5.97 Å². The lowest BCUT2D eigenvalue weighted by molar-refractivity contribution is 0.0661. The third kappa shape index (κ3) is 3.00. The van der Waals surface area contributed by atoms with Crippen molar-refractivity contribution < 1.29 is 14.3 Å². The van der Waals surface area contributed by atoms with Gasteiger partial charge in [0.25, 0.3) is 0 Å². The van der Waals surface area contributed by atoms with Crippen LogP contribution in [0, 0.1) is 25.2 Å². The number of aromatic nitrogens is 1. The molecule has 2 rings (SSSR count). The Morgan fingerprint density at radius 1 is 1.50 bits per heavy atom. The van der Waals surface area contributed by atoms with Gasteiger partial charge in [-0.2, -0.15) is 5.26 Å². The number of furan rings is 1. The van der Waals surface area contributed by atoms with Crippen LogP contribution in [0.2, 0.25) is 0 Å². The van der Waals surface area contributed by atoms with Crippen LogP contribution in [0.15, 0.2) is 27.6 Å². The van der Waals surface area contributed by atoms with E-state index < -0.39 is 5.97 Å². The SMILES string of the molecule is Cc1cc(C)c(C#N)c(SCc2ccc(C(=O)O)o2)n1. The number of thioether (sulfide) groups is 1. The minimum absolute atomic E-state index is 0.0884. The monoisotopic (exact) mass is 288 g/mol. The molecule has 0 unspecified atom stereocenters. The molecule has 0 fully saturated rings. The van der Waals surface area contributed by atoms with Crippen molar-refractivity contribution in [2.24, 2.45) is 0 Å². The van der Waals surface area contributed by atoms with Crippen LogP contribution >= 0.6 is 11.8 Å². The van der Waals surface area contributed by atoms with Crippen molar-refractivity contribution in [2.45, 2.75) is 24.6 Å². The lowest BCUT2D eigenvalue weighted by atomic mass is 10.1. The molecule has 0 bridgehead atoms. The number of carboxylic acids is 1. The number of nitriles is 1. The molecular formula is C14H12N2O3S. The minimum Gasteiger partial charge on any atom is -0.475 e. The Balaban J connectivity index is 2.18. The van der Waals surface area contributed by atoms with Gasteiger partial charge in [-0.25, -0.2) is 9.78 Å². The van der Waals surface area contributed by atoms with Crippen molar-refractivity contribution in [1.29, 1.82) is 5.26 Å². The number of hydrogen-bond acceptors (Lipinski definition) is 5. The molecule has 5 nitrogen and oxygen atoms in total. The van der Waals surface area contributed by atoms with Gasteiger partial charge in [0.2, 0.25) is 5.76 Å². The number of nitrogens with zero attached hydrogens (tertiary/aromatic N) is 2. The molecule has 0 aliphatic rings. The largest absolute Gasteiger partial charge is 0.475 e. The predicted octanol–water partition coefficient (Wildman–Crippen LogP) is 3.15. The summed E-state index contributed by atoms with van der Waals surface area (Å²) in [6.07, 6.45) is 0. The first-order valence-corrected chi connectivity index (χ1v) is 6.83. The van der Waals surface area contributed by atoms with Crippen molar-refractivity contribution in [3.63, 3.8) is 0 Å². The zero-order valence-corrected chi connectivity index (χ0v) is 11.8. The number of aryl methyl sites for hydroxylation is 2. The highest BCUT2D eigenvalue weighted by Crippen LogP contribution is 2.27. The summed E-state index contributed by atoms with van der Waals surface area (Å²) in [6.45, 7) is 3.74. The predicted molar refractivity (Wildman–Crippen MR) is 73.7 cm³/mol. The number of rotatable bonds is 4. The van der Waals surface area contributed by atoms with Crippen LogP contribution in [0.5, 0.6) is 0 Å². The van der Waals surface area contributed by atoms with Gasteiger partial charge in [0.05, 0.1) is 11.3 Å². The topological polar surface area (TPSA) is 87.1 Å². The maximum absolute atomic E-state index is 10.7. The molecule has 1 N–H and O–H groups in total. The van der Waals surface area contributed by atoms with Gasteiger partial charge in [0.15, 0.2) is 0 Å². The third-order valence-corrected chi connectivity index (χ3v) is 3.64. The van der Waals surface area contributed by atoms with Crippen LogP contribution in [0.3, 0.4) is 0 Å². The Bertz CT molecular complexity index is 701. The van der Waals surface area contributed by atoms with Crippen LogP contribution < -0.4 is 0 Å². The summed E-state index contributed by atoms with van der Waals surface area (Å²) in [5, 5.41) is 18.6. The normalized spacial score (nSPS) is 10.2. The summed E-state index contributed by atoms with van der Waals surface area (Å²) in [7, 11) is 0. The highest BCUT2D eigenvalue weighted by atomic mass is 32.2. The zero-order chi connectivity index (χ0) is 14.7. The molecule has 0 spiro atoms. The highest BCUT2D eigenvalue weighted by Gasteiger charge is 2.12. The van der Waals surface area contributed by atoms with Gasteiger partial charge in [-0.1, -0.05) is 11.8 Å². The first kappa shape index (κ1) is 14.2. The third-order valence-electron chi connectivity index (χ3n) is 2.65. The lowest BCUT2D eigenvalue weighted by Gasteiger charge is -2.06. The van der Waals surface area contributed by atoms with E-state index in [9.17, 15) is 4.79 Å². The molecule has 0 saturated carbocycles. The lowest BCUT2D eigenvalue weighted by Crippen LogP contribution is -1.94. The summed E-state index contributed by atoms with van der Waals surface area (Å²) in [4.78, 5) is 15.1. The second-order valence-corrected chi connectivity index (χ2v) is 5.20. The Labute approximate surface area is 120 Å². The number of carboxylic acid groups (broad SMARTS) is 1. The molecule has 0 amide bonds. The molecule has 2 aromatic rings. The highest BCUT2D eigenvalue weighted by molar-refractivity contribution is 7.98. The van der Waals surface area contributed by atoms with Crippen molar-refractivity contribution in [2.75, 3.05) is 0 Å². The van der Waals surface area contributed by atoms with E-state index in [1.807, 2.05) is 19.9 Å². The molecule has 0 aliphatic carbocycles. The Morgan fingerprint density at radius 2 is 2.25 bits per heavy atom. The summed E-state index contributed by atoms with van der Waals surface area (Å²) in [6, 6.07) is 7.03. The molecule has 20 heavy (non-hydrogen) atoms. The van der Waals surface area contributed by atoms with E-state index in [4.69, 9.17) is 14.8 Å². The summed E-state index contributed by atoms with van der Waals surface area (Å²) < 4.78 is 5.17. The van der Waals surface area contributed by atoms with Crippen molar-refractivity contribution in [1.82, 2.24) is 4.98 Å². The fourth-order valence-electron chi connectivity index (χ4n) is 1.75. The quantitative estimate of drug-likeness (QED) is 0.869. The second kappa shape index (κ2) is 5.80. The minimum atomic E-state index is -1.09. The molecule has 0 aliphatic heterocycles.